The topological polar surface area (TPSA) is 97.0 Å². The highest BCUT2D eigenvalue weighted by Gasteiger charge is 2.25. The fraction of sp³-hybridized carbons (Fsp3) is 0.679. The maximum Gasteiger partial charge on any atom is 0.226 e. The second kappa shape index (κ2) is 14.3. The van der Waals surface area contributed by atoms with E-state index in [2.05, 4.69) is 22.1 Å². The summed E-state index contributed by atoms with van der Waals surface area (Å²) >= 11 is 0. The number of nitrogens with two attached hydrogens (primary N) is 1. The molecule has 1 aliphatic carbocycles. The molecule has 1 saturated carbocycles. The van der Waals surface area contributed by atoms with Crippen molar-refractivity contribution in [1.82, 2.24) is 10.2 Å². The zero-order chi connectivity index (χ0) is 25.9. The Labute approximate surface area is 215 Å². The molecule has 7 nitrogen and oxygen atoms in total. The number of hydrogen-bond acceptors (Lipinski definition) is 5. The highest BCUT2D eigenvalue weighted by Crippen LogP contribution is 2.29. The molecule has 1 amide bonds. The lowest BCUT2D eigenvalue weighted by Gasteiger charge is -2.30. The number of carbonyl (C=O) groups excluding carboxylic acids is 2. The Morgan fingerprint density at radius 1 is 1.17 bits per heavy atom. The third kappa shape index (κ3) is 8.87. The summed E-state index contributed by atoms with van der Waals surface area (Å²) in [6.45, 7) is 5.25. The van der Waals surface area contributed by atoms with Gasteiger partial charge in [-0.05, 0) is 74.8 Å². The lowest BCUT2D eigenvalue weighted by atomic mass is 9.83. The number of piperidine rings is 1. The summed E-state index contributed by atoms with van der Waals surface area (Å²) in [6.07, 6.45) is 9.61. The number of ketones is 1. The number of amides is 1. The molecule has 1 heterocycles. The molecule has 2 aliphatic rings. The van der Waals surface area contributed by atoms with Crippen LogP contribution in [0, 0.1) is 17.7 Å². The van der Waals surface area contributed by atoms with Gasteiger partial charge in [-0.15, -0.1) is 0 Å². The summed E-state index contributed by atoms with van der Waals surface area (Å²) in [6, 6.07) is 4.07. The monoisotopic (exact) mass is 502 g/mol. The maximum atomic E-state index is 13.7. The van der Waals surface area contributed by atoms with Gasteiger partial charge in [0.1, 0.15) is 6.04 Å². The van der Waals surface area contributed by atoms with Gasteiger partial charge in [-0.1, -0.05) is 45.1 Å². The first-order chi connectivity index (χ1) is 17.4. The van der Waals surface area contributed by atoms with Gasteiger partial charge >= 0.3 is 0 Å². The molecule has 8 heteroatoms. The molecule has 1 aliphatic heterocycles. The average Bonchev–Trinajstić information content (AvgIpc) is 2.88. The molecule has 2 fully saturated rings. The third-order valence-electron chi connectivity index (χ3n) is 7.72. The number of aliphatic imine (C=N–C) groups is 1. The van der Waals surface area contributed by atoms with E-state index in [-0.39, 0.29) is 29.8 Å². The van der Waals surface area contributed by atoms with Crippen LogP contribution in [0.5, 0.6) is 5.75 Å². The zero-order valence-corrected chi connectivity index (χ0v) is 21.9. The number of ether oxygens (including phenoxy) is 1. The van der Waals surface area contributed by atoms with Crippen LogP contribution >= 0.6 is 0 Å². The minimum atomic E-state index is -0.580. The fourth-order valence-corrected chi connectivity index (χ4v) is 5.45. The molecule has 3 N–H and O–H groups in total. The molecule has 0 spiro atoms. The number of methoxy groups -OCH3 is 1. The number of likely N-dealkylation sites (tertiary alicyclic amines) is 1. The van der Waals surface area contributed by atoms with Gasteiger partial charge in [-0.2, -0.15) is 0 Å². The number of halogens is 1. The Hall–Kier alpha value is -2.48. The Bertz CT molecular complexity index is 893. The Balaban J connectivity index is 1.59. The van der Waals surface area contributed by atoms with Crippen LogP contribution in [0.4, 0.5) is 4.39 Å². The van der Waals surface area contributed by atoms with Crippen molar-refractivity contribution >= 4 is 17.6 Å². The predicted molar refractivity (Wildman–Crippen MR) is 140 cm³/mol. The molecular weight excluding hydrogens is 459 g/mol. The van der Waals surface area contributed by atoms with Crippen LogP contribution in [0.1, 0.15) is 76.7 Å². The number of nitrogens with zero attached hydrogens (tertiary/aromatic N) is 2. The lowest BCUT2D eigenvalue weighted by Crippen LogP contribution is -2.41. The normalized spacial score (nSPS) is 19.1. The molecule has 0 radical (unpaired) electrons. The average molecular weight is 503 g/mol. The SMILES string of the molecule is CCN1CCC(CC(=O)NC(N)=N[C@H](CC2CCCCC2)C(=O)CCc2ccc(F)c(OC)c2)CC1. The van der Waals surface area contributed by atoms with E-state index in [9.17, 15) is 14.0 Å². The Kier molecular flexibility index (Phi) is 11.2. The molecule has 0 bridgehead atoms. The van der Waals surface area contributed by atoms with Crippen molar-refractivity contribution in [2.24, 2.45) is 22.6 Å². The first kappa shape index (κ1) is 28.1. The minimum absolute atomic E-state index is 0.00648. The minimum Gasteiger partial charge on any atom is -0.494 e. The molecule has 1 aromatic carbocycles. The van der Waals surface area contributed by atoms with E-state index in [1.165, 1.54) is 32.4 Å². The predicted octanol–water partition coefficient (Wildman–Crippen LogP) is 4.23. The van der Waals surface area contributed by atoms with Gasteiger partial charge in [-0.25, -0.2) is 9.38 Å². The number of carbonyl (C=O) groups is 2. The van der Waals surface area contributed by atoms with E-state index in [1.807, 2.05) is 0 Å². The molecule has 0 aromatic heterocycles. The van der Waals surface area contributed by atoms with E-state index in [0.29, 0.717) is 31.1 Å². The van der Waals surface area contributed by atoms with Gasteiger partial charge in [0.25, 0.3) is 0 Å². The van der Waals surface area contributed by atoms with Gasteiger partial charge in [0.15, 0.2) is 23.3 Å². The number of hydrogen-bond donors (Lipinski definition) is 2. The number of guanidine groups is 1. The molecular formula is C28H43FN4O3. The van der Waals surface area contributed by atoms with Gasteiger partial charge in [0, 0.05) is 12.8 Å². The van der Waals surface area contributed by atoms with Crippen LogP contribution in [-0.4, -0.2) is 55.3 Å². The Morgan fingerprint density at radius 2 is 1.89 bits per heavy atom. The maximum absolute atomic E-state index is 13.7. The van der Waals surface area contributed by atoms with Crippen LogP contribution in [-0.2, 0) is 16.0 Å². The van der Waals surface area contributed by atoms with Crippen LogP contribution < -0.4 is 15.8 Å². The highest BCUT2D eigenvalue weighted by molar-refractivity contribution is 5.97. The van der Waals surface area contributed by atoms with Crippen molar-refractivity contribution in [3.05, 3.63) is 29.6 Å². The van der Waals surface area contributed by atoms with Crippen molar-refractivity contribution in [3.63, 3.8) is 0 Å². The van der Waals surface area contributed by atoms with E-state index >= 15 is 0 Å². The van der Waals surface area contributed by atoms with E-state index < -0.39 is 11.9 Å². The van der Waals surface area contributed by atoms with Gasteiger partial charge in [0.2, 0.25) is 5.91 Å². The van der Waals surface area contributed by atoms with Crippen molar-refractivity contribution in [2.75, 3.05) is 26.7 Å². The van der Waals surface area contributed by atoms with Crippen molar-refractivity contribution < 1.29 is 18.7 Å². The van der Waals surface area contributed by atoms with Gasteiger partial charge in [-0.3, -0.25) is 14.9 Å². The van der Waals surface area contributed by atoms with Crippen LogP contribution in [0.2, 0.25) is 0 Å². The quantitative estimate of drug-likeness (QED) is 0.349. The van der Waals surface area contributed by atoms with Gasteiger partial charge < -0.3 is 15.4 Å². The highest BCUT2D eigenvalue weighted by atomic mass is 19.1. The van der Waals surface area contributed by atoms with Crippen molar-refractivity contribution in [2.45, 2.75) is 83.6 Å². The summed E-state index contributed by atoms with van der Waals surface area (Å²) in [7, 11) is 1.42. The fourth-order valence-electron chi connectivity index (χ4n) is 5.45. The second-order valence-electron chi connectivity index (χ2n) is 10.3. The number of rotatable bonds is 11. The number of nitrogens with one attached hydrogen (secondary N) is 1. The van der Waals surface area contributed by atoms with Crippen LogP contribution in [0.3, 0.4) is 0 Å². The molecule has 1 atom stereocenters. The third-order valence-corrected chi connectivity index (χ3v) is 7.72. The van der Waals surface area contributed by atoms with Crippen LogP contribution in [0.25, 0.3) is 0 Å². The zero-order valence-electron chi connectivity index (χ0n) is 21.9. The number of benzene rings is 1. The molecule has 36 heavy (non-hydrogen) atoms. The van der Waals surface area contributed by atoms with Crippen molar-refractivity contribution in [1.29, 1.82) is 0 Å². The summed E-state index contributed by atoms with van der Waals surface area (Å²) in [5.41, 5.74) is 6.96. The standard InChI is InChI=1S/C28H43FN4O3/c1-3-33-15-13-22(14-16-33)19-27(35)32-28(30)31-24(17-20-7-5-4-6-8-20)25(34)12-10-21-9-11-23(29)26(18-21)36-2/h9,11,18,20,22,24H,3-8,10,12-17,19H2,1-2H3,(H3,30,31,32,35)/t24-/m1/s1. The summed E-state index contributed by atoms with van der Waals surface area (Å²) in [4.78, 5) is 32.7. The smallest absolute Gasteiger partial charge is 0.226 e. The summed E-state index contributed by atoms with van der Waals surface area (Å²) in [5.74, 6) is 0.434. The number of aryl methyl sites for hydroxylation is 1. The number of Topliss-reactive ketones (excluding diaryl/α,β-unsaturated/α-hetero) is 1. The summed E-state index contributed by atoms with van der Waals surface area (Å²) in [5, 5.41) is 2.73. The largest absolute Gasteiger partial charge is 0.494 e. The summed E-state index contributed by atoms with van der Waals surface area (Å²) < 4.78 is 18.8. The van der Waals surface area contributed by atoms with E-state index in [0.717, 1.165) is 50.9 Å². The van der Waals surface area contributed by atoms with Crippen LogP contribution in [0.15, 0.2) is 23.2 Å². The van der Waals surface area contributed by atoms with Crippen molar-refractivity contribution in [3.8, 4) is 5.75 Å². The molecule has 1 saturated heterocycles. The molecule has 1 aromatic rings. The van der Waals surface area contributed by atoms with E-state index in [1.54, 1.807) is 12.1 Å². The second-order valence-corrected chi connectivity index (χ2v) is 10.3. The molecule has 200 valence electrons. The Morgan fingerprint density at radius 3 is 2.56 bits per heavy atom. The molecule has 3 rings (SSSR count). The van der Waals surface area contributed by atoms with Gasteiger partial charge in [0.05, 0.1) is 7.11 Å². The first-order valence-corrected chi connectivity index (χ1v) is 13.6. The lowest BCUT2D eigenvalue weighted by molar-refractivity contribution is -0.122. The molecule has 0 unspecified atom stereocenters. The first-order valence-electron chi connectivity index (χ1n) is 13.6. The van der Waals surface area contributed by atoms with E-state index in [4.69, 9.17) is 10.5 Å².